The van der Waals surface area contributed by atoms with Gasteiger partial charge in [0.2, 0.25) is 0 Å². The first-order valence-electron chi connectivity index (χ1n) is 10.2. The van der Waals surface area contributed by atoms with Gasteiger partial charge in [-0.2, -0.15) is 5.10 Å². The summed E-state index contributed by atoms with van der Waals surface area (Å²) in [5.74, 6) is -0.130. The first-order chi connectivity index (χ1) is 14.9. The quantitative estimate of drug-likeness (QED) is 0.463. The number of benzene rings is 1. The lowest BCUT2D eigenvalue weighted by atomic mass is 9.85. The molecule has 7 heteroatoms. The van der Waals surface area contributed by atoms with Crippen LogP contribution in [0.5, 0.6) is 0 Å². The van der Waals surface area contributed by atoms with Crippen LogP contribution in [-0.2, 0) is 18.5 Å². The predicted octanol–water partition coefficient (Wildman–Crippen LogP) is 4.62. The van der Waals surface area contributed by atoms with E-state index in [1.807, 2.05) is 42.1 Å². The number of amides is 1. The highest BCUT2D eigenvalue weighted by molar-refractivity contribution is 7.17. The Balaban J connectivity index is 1.46. The number of thiazole rings is 1. The number of hydrogen-bond acceptors (Lipinski definition) is 5. The topological polar surface area (TPSA) is 72.7 Å². The van der Waals surface area contributed by atoms with Crippen molar-refractivity contribution in [1.82, 2.24) is 25.1 Å². The first-order valence-corrected chi connectivity index (χ1v) is 11.0. The van der Waals surface area contributed by atoms with Crippen LogP contribution < -0.4 is 5.32 Å². The zero-order valence-corrected chi connectivity index (χ0v) is 18.7. The third-order valence-electron chi connectivity index (χ3n) is 5.15. The minimum Gasteiger partial charge on any atom is -0.347 e. The molecule has 0 aliphatic carbocycles. The van der Waals surface area contributed by atoms with Crippen molar-refractivity contribution < 1.29 is 4.79 Å². The van der Waals surface area contributed by atoms with Crippen LogP contribution in [0.25, 0.3) is 10.7 Å². The summed E-state index contributed by atoms with van der Waals surface area (Å²) in [7, 11) is 0. The Morgan fingerprint density at radius 2 is 1.94 bits per heavy atom. The van der Waals surface area contributed by atoms with E-state index in [0.717, 1.165) is 22.8 Å². The Hall–Kier alpha value is -3.32. The Morgan fingerprint density at radius 1 is 1.13 bits per heavy atom. The molecule has 158 valence electrons. The number of aromatic nitrogens is 4. The Kier molecular flexibility index (Phi) is 5.95. The van der Waals surface area contributed by atoms with E-state index in [1.165, 1.54) is 16.9 Å². The highest BCUT2D eigenvalue weighted by Gasteiger charge is 2.22. The molecular weight excluding hydrogens is 406 g/mol. The molecule has 4 rings (SSSR count). The molecule has 0 spiro atoms. The molecular formula is C24H25N5OS. The number of pyridine rings is 1. The molecule has 0 fully saturated rings. The zero-order chi connectivity index (χ0) is 21.8. The van der Waals surface area contributed by atoms with E-state index >= 15 is 0 Å². The van der Waals surface area contributed by atoms with Gasteiger partial charge in [0.05, 0.1) is 12.2 Å². The predicted molar refractivity (Wildman–Crippen MR) is 123 cm³/mol. The molecule has 0 aliphatic rings. The van der Waals surface area contributed by atoms with Crippen molar-refractivity contribution in [3.63, 3.8) is 0 Å². The second kappa shape index (κ2) is 8.81. The molecule has 4 aromatic rings. The van der Waals surface area contributed by atoms with E-state index in [2.05, 4.69) is 53.4 Å². The highest BCUT2D eigenvalue weighted by Crippen LogP contribution is 2.28. The molecule has 1 amide bonds. The van der Waals surface area contributed by atoms with E-state index in [9.17, 15) is 4.79 Å². The van der Waals surface area contributed by atoms with Crippen molar-refractivity contribution in [2.24, 2.45) is 0 Å². The van der Waals surface area contributed by atoms with Crippen LogP contribution in [0.1, 0.15) is 40.3 Å². The standard InChI is InChI=1S/C24H25N5OS/c1-17-21(22(30)26-15-18-8-7-12-25-14-18)31-23(27-17)20-11-13-29(28-20)16-24(2,3)19-9-5-4-6-10-19/h4-14H,15-16H2,1-3H3,(H,26,30). The van der Waals surface area contributed by atoms with Gasteiger partial charge in [0.15, 0.2) is 0 Å². The van der Waals surface area contributed by atoms with Gasteiger partial charge >= 0.3 is 0 Å². The minimum atomic E-state index is -0.130. The van der Waals surface area contributed by atoms with Crippen molar-refractivity contribution in [3.05, 3.63) is 88.8 Å². The minimum absolute atomic E-state index is 0.0549. The molecule has 0 unspecified atom stereocenters. The van der Waals surface area contributed by atoms with Gasteiger partial charge in [0.25, 0.3) is 5.91 Å². The van der Waals surface area contributed by atoms with Crippen LogP contribution in [0.4, 0.5) is 0 Å². The van der Waals surface area contributed by atoms with Crippen molar-refractivity contribution in [3.8, 4) is 10.7 Å². The molecule has 0 radical (unpaired) electrons. The fraction of sp³-hybridized carbons (Fsp3) is 0.250. The van der Waals surface area contributed by atoms with Crippen LogP contribution in [0.3, 0.4) is 0 Å². The average Bonchev–Trinajstić information content (AvgIpc) is 3.39. The van der Waals surface area contributed by atoms with Gasteiger partial charge in [-0.3, -0.25) is 14.5 Å². The third-order valence-corrected chi connectivity index (χ3v) is 6.33. The summed E-state index contributed by atoms with van der Waals surface area (Å²) in [5.41, 5.74) is 3.66. The second-order valence-electron chi connectivity index (χ2n) is 8.13. The summed E-state index contributed by atoms with van der Waals surface area (Å²) in [6, 6.07) is 16.2. The van der Waals surface area contributed by atoms with Crippen molar-refractivity contribution >= 4 is 17.2 Å². The van der Waals surface area contributed by atoms with Crippen molar-refractivity contribution in [2.75, 3.05) is 0 Å². The number of hydrogen-bond donors (Lipinski definition) is 1. The summed E-state index contributed by atoms with van der Waals surface area (Å²) in [4.78, 5) is 21.9. The fourth-order valence-electron chi connectivity index (χ4n) is 3.43. The fourth-order valence-corrected chi connectivity index (χ4v) is 4.38. The van der Waals surface area contributed by atoms with Crippen LogP contribution in [0.2, 0.25) is 0 Å². The number of nitrogens with zero attached hydrogens (tertiary/aromatic N) is 4. The molecule has 0 atom stereocenters. The van der Waals surface area contributed by atoms with Crippen LogP contribution >= 0.6 is 11.3 Å². The van der Waals surface area contributed by atoms with Gasteiger partial charge in [-0.15, -0.1) is 11.3 Å². The molecule has 0 bridgehead atoms. The second-order valence-corrected chi connectivity index (χ2v) is 9.13. The lowest BCUT2D eigenvalue weighted by Gasteiger charge is -2.25. The lowest BCUT2D eigenvalue weighted by molar-refractivity contribution is 0.0954. The maximum absolute atomic E-state index is 12.6. The number of aryl methyl sites for hydroxylation is 1. The van der Waals surface area contributed by atoms with Crippen LogP contribution in [-0.4, -0.2) is 25.7 Å². The third kappa shape index (κ3) is 4.88. The summed E-state index contributed by atoms with van der Waals surface area (Å²) < 4.78 is 1.95. The monoisotopic (exact) mass is 431 g/mol. The SMILES string of the molecule is Cc1nc(-c2ccn(CC(C)(C)c3ccccc3)n2)sc1C(=O)NCc1cccnc1. The van der Waals surface area contributed by atoms with Gasteiger partial charge in [-0.25, -0.2) is 4.98 Å². The number of nitrogens with one attached hydrogen (secondary N) is 1. The molecule has 1 aromatic carbocycles. The molecule has 3 heterocycles. The summed E-state index contributed by atoms with van der Waals surface area (Å²) in [6.07, 6.45) is 5.43. The van der Waals surface area contributed by atoms with E-state index < -0.39 is 0 Å². The molecule has 6 nitrogen and oxygen atoms in total. The zero-order valence-electron chi connectivity index (χ0n) is 17.9. The smallest absolute Gasteiger partial charge is 0.263 e. The Bertz CT molecular complexity index is 1170. The lowest BCUT2D eigenvalue weighted by Crippen LogP contribution is -2.24. The molecule has 0 aliphatic heterocycles. The molecule has 31 heavy (non-hydrogen) atoms. The summed E-state index contributed by atoms with van der Waals surface area (Å²) in [6.45, 7) is 7.46. The van der Waals surface area contributed by atoms with Crippen molar-refractivity contribution in [1.29, 1.82) is 0 Å². The van der Waals surface area contributed by atoms with E-state index in [4.69, 9.17) is 5.10 Å². The summed E-state index contributed by atoms with van der Waals surface area (Å²) >= 11 is 1.37. The van der Waals surface area contributed by atoms with Gasteiger partial charge in [-0.1, -0.05) is 50.2 Å². The van der Waals surface area contributed by atoms with E-state index in [0.29, 0.717) is 17.1 Å². The maximum atomic E-state index is 12.6. The normalized spacial score (nSPS) is 11.5. The average molecular weight is 432 g/mol. The number of carbonyl (C=O) groups is 1. The van der Waals surface area contributed by atoms with Crippen molar-refractivity contribution in [2.45, 2.75) is 39.3 Å². The number of carbonyl (C=O) groups excluding carboxylic acids is 1. The molecule has 0 saturated heterocycles. The van der Waals surface area contributed by atoms with E-state index in [1.54, 1.807) is 12.4 Å². The first kappa shape index (κ1) is 20.9. The van der Waals surface area contributed by atoms with E-state index in [-0.39, 0.29) is 11.3 Å². The molecule has 0 saturated carbocycles. The van der Waals surface area contributed by atoms with Gasteiger partial charge in [0, 0.05) is 30.6 Å². The number of rotatable bonds is 7. The Labute approximate surface area is 186 Å². The van der Waals surface area contributed by atoms with Gasteiger partial charge in [0.1, 0.15) is 15.6 Å². The largest absolute Gasteiger partial charge is 0.347 e. The van der Waals surface area contributed by atoms with Gasteiger partial charge < -0.3 is 5.32 Å². The molecule has 1 N–H and O–H groups in total. The highest BCUT2D eigenvalue weighted by atomic mass is 32.1. The van der Waals surface area contributed by atoms with Crippen LogP contribution in [0.15, 0.2) is 67.1 Å². The maximum Gasteiger partial charge on any atom is 0.263 e. The Morgan fingerprint density at radius 3 is 2.68 bits per heavy atom. The molecule has 3 aromatic heterocycles. The van der Waals surface area contributed by atoms with Crippen LogP contribution in [0, 0.1) is 6.92 Å². The summed E-state index contributed by atoms with van der Waals surface area (Å²) in [5, 5.41) is 8.41. The van der Waals surface area contributed by atoms with Gasteiger partial charge in [-0.05, 0) is 30.2 Å².